The van der Waals surface area contributed by atoms with Crippen LogP contribution in [0.1, 0.15) is 34.1 Å². The number of piperidine rings is 1. The summed E-state index contributed by atoms with van der Waals surface area (Å²) in [6.45, 7) is 6.21. The summed E-state index contributed by atoms with van der Waals surface area (Å²) < 4.78 is 5.21. The summed E-state index contributed by atoms with van der Waals surface area (Å²) in [5.41, 5.74) is -1.53. The van der Waals surface area contributed by atoms with Crippen LogP contribution in [-0.4, -0.2) is 103 Å². The maximum absolute atomic E-state index is 12.2. The fourth-order valence-corrected chi connectivity index (χ4v) is 3.63. The van der Waals surface area contributed by atoms with Gasteiger partial charge in [0.15, 0.2) is 6.10 Å². The molecule has 0 aliphatic carbocycles. The first kappa shape index (κ1) is 23.2. The molecule has 0 aromatic rings. The number of rotatable bonds is 7. The molecule has 26 heavy (non-hydrogen) atoms. The summed E-state index contributed by atoms with van der Waals surface area (Å²) in [7, 11) is 1.45. The van der Waals surface area contributed by atoms with Gasteiger partial charge in [0, 0.05) is 5.54 Å². The Bertz CT molecular complexity index is 484. The van der Waals surface area contributed by atoms with Gasteiger partial charge in [-0.3, -0.25) is 0 Å². The number of esters is 1. The summed E-state index contributed by atoms with van der Waals surface area (Å²) in [6, 6.07) is 0. The van der Waals surface area contributed by atoms with Crippen LogP contribution in [0.15, 0.2) is 0 Å². The minimum Gasteiger partial charge on any atom is -0.456 e. The molecule has 0 aromatic carbocycles. The van der Waals surface area contributed by atoms with Gasteiger partial charge in [0.25, 0.3) is 0 Å². The lowest BCUT2D eigenvalue weighted by atomic mass is 9.78. The third-order valence-electron chi connectivity index (χ3n) is 4.75. The van der Waals surface area contributed by atoms with Gasteiger partial charge in [-0.1, -0.05) is 0 Å². The van der Waals surface area contributed by atoms with E-state index in [1.807, 2.05) is 13.8 Å². The minimum atomic E-state index is -2.18. The predicted octanol–water partition coefficient (Wildman–Crippen LogP) is -2.48. The van der Waals surface area contributed by atoms with E-state index in [1.54, 1.807) is 18.9 Å². The molecule has 154 valence electrons. The minimum absolute atomic E-state index is 0.215. The number of hydrogen-bond acceptors (Lipinski definition) is 10. The average molecular weight is 381 g/mol. The van der Waals surface area contributed by atoms with Crippen LogP contribution >= 0.6 is 0 Å². The molecule has 0 bridgehead atoms. The molecular weight excluding hydrogens is 350 g/mol. The second-order valence-corrected chi connectivity index (χ2v) is 7.75. The molecule has 0 radical (unpaired) electrons. The molecule has 1 aliphatic heterocycles. The maximum Gasteiger partial charge on any atom is 0.338 e. The second-order valence-electron chi connectivity index (χ2n) is 7.75. The van der Waals surface area contributed by atoms with Gasteiger partial charge in [-0.15, -0.1) is 0 Å². The Hall–Kier alpha value is -0.850. The highest BCUT2D eigenvalue weighted by Gasteiger charge is 2.54. The van der Waals surface area contributed by atoms with Crippen LogP contribution in [0.2, 0.25) is 0 Å². The zero-order valence-electron chi connectivity index (χ0n) is 15.7. The van der Waals surface area contributed by atoms with Crippen molar-refractivity contribution in [3.8, 4) is 0 Å². The first-order chi connectivity index (χ1) is 11.8. The lowest BCUT2D eigenvalue weighted by molar-refractivity contribution is -0.309. The molecule has 1 saturated heterocycles. The molecule has 0 saturated carbocycles. The number of carbonyl (C=O) groups excluding carboxylic acids is 1. The van der Waals surface area contributed by atoms with Crippen LogP contribution in [0.5, 0.6) is 0 Å². The number of carbonyl (C=O) groups is 1. The lowest BCUT2D eigenvalue weighted by Gasteiger charge is -2.55. The highest BCUT2D eigenvalue weighted by Crippen LogP contribution is 2.40. The Morgan fingerprint density at radius 2 is 1.69 bits per heavy atom. The van der Waals surface area contributed by atoms with Gasteiger partial charge >= 0.3 is 5.97 Å². The van der Waals surface area contributed by atoms with E-state index in [-0.39, 0.29) is 6.42 Å². The first-order valence-corrected chi connectivity index (χ1v) is 8.37. The summed E-state index contributed by atoms with van der Waals surface area (Å²) in [5, 5.41) is 59.4. The Kier molecular flexibility index (Phi) is 7.53. The standard InChI is InChI=1S/C16H31NO9/c1-15(2)6-8(19)13(16(3,4)17(15)25-5)26-14(24)12(23)11(22)10(21)9(20)7-18/h8-13,18-23H,6-7H2,1-5H3. The number of hydroxylamine groups is 2. The van der Waals surface area contributed by atoms with Crippen molar-refractivity contribution in [1.29, 1.82) is 0 Å². The van der Waals surface area contributed by atoms with E-state index in [9.17, 15) is 30.3 Å². The van der Waals surface area contributed by atoms with Crippen molar-refractivity contribution in [3.05, 3.63) is 0 Å². The molecule has 6 N–H and O–H groups in total. The van der Waals surface area contributed by atoms with Crippen molar-refractivity contribution in [2.24, 2.45) is 0 Å². The number of aliphatic hydroxyl groups is 6. The van der Waals surface area contributed by atoms with Crippen LogP contribution in [0.3, 0.4) is 0 Å². The van der Waals surface area contributed by atoms with Crippen LogP contribution in [0.4, 0.5) is 0 Å². The highest BCUT2D eigenvalue weighted by atomic mass is 16.7. The van der Waals surface area contributed by atoms with Crippen LogP contribution in [0, 0.1) is 0 Å². The molecule has 0 aromatic heterocycles. The van der Waals surface area contributed by atoms with Crippen LogP contribution in [0.25, 0.3) is 0 Å². The van der Waals surface area contributed by atoms with Crippen molar-refractivity contribution < 1.29 is 45.0 Å². The molecule has 10 heteroatoms. The quantitative estimate of drug-likeness (QED) is 0.261. The van der Waals surface area contributed by atoms with E-state index in [1.165, 1.54) is 7.11 Å². The summed E-state index contributed by atoms with van der Waals surface area (Å²) >= 11 is 0. The number of ether oxygens (including phenoxy) is 1. The van der Waals surface area contributed by atoms with Gasteiger partial charge < -0.3 is 40.2 Å². The molecular formula is C16H31NO9. The van der Waals surface area contributed by atoms with E-state index < -0.39 is 60.3 Å². The number of aliphatic hydroxyl groups excluding tert-OH is 6. The van der Waals surface area contributed by atoms with E-state index in [0.717, 1.165) is 0 Å². The molecule has 1 aliphatic rings. The van der Waals surface area contributed by atoms with Crippen molar-refractivity contribution >= 4 is 5.97 Å². The van der Waals surface area contributed by atoms with E-state index in [0.29, 0.717) is 0 Å². The zero-order valence-corrected chi connectivity index (χ0v) is 15.7. The van der Waals surface area contributed by atoms with Crippen LogP contribution in [-0.2, 0) is 14.4 Å². The van der Waals surface area contributed by atoms with Crippen molar-refractivity contribution in [3.63, 3.8) is 0 Å². The molecule has 1 fully saturated rings. The lowest BCUT2D eigenvalue weighted by Crippen LogP contribution is -2.69. The van der Waals surface area contributed by atoms with Gasteiger partial charge in [-0.05, 0) is 34.1 Å². The second kappa shape index (κ2) is 8.44. The van der Waals surface area contributed by atoms with Gasteiger partial charge in [-0.2, -0.15) is 5.06 Å². The summed E-state index contributed by atoms with van der Waals surface area (Å²) in [5.74, 6) is -1.28. The SMILES string of the molecule is CON1C(C)(C)CC(O)C(OC(=O)C(O)C(O)C(O)C(O)CO)C1(C)C. The molecule has 6 unspecified atom stereocenters. The van der Waals surface area contributed by atoms with Crippen molar-refractivity contribution in [2.45, 2.75) is 81.8 Å². The molecule has 10 nitrogen and oxygen atoms in total. The fraction of sp³-hybridized carbons (Fsp3) is 0.938. The molecule has 1 heterocycles. The topological polar surface area (TPSA) is 160 Å². The zero-order chi connectivity index (χ0) is 20.4. The predicted molar refractivity (Wildman–Crippen MR) is 88.6 cm³/mol. The van der Waals surface area contributed by atoms with Gasteiger partial charge in [0.2, 0.25) is 0 Å². The van der Waals surface area contributed by atoms with Crippen LogP contribution < -0.4 is 0 Å². The van der Waals surface area contributed by atoms with E-state index >= 15 is 0 Å². The van der Waals surface area contributed by atoms with Crippen molar-refractivity contribution in [2.75, 3.05) is 13.7 Å². The van der Waals surface area contributed by atoms with Gasteiger partial charge in [-0.25, -0.2) is 4.79 Å². The number of hydrogen-bond donors (Lipinski definition) is 6. The van der Waals surface area contributed by atoms with Gasteiger partial charge in [0.1, 0.15) is 24.4 Å². The Morgan fingerprint density at radius 1 is 1.15 bits per heavy atom. The average Bonchev–Trinajstić information content (AvgIpc) is 2.54. The molecule has 0 amide bonds. The normalized spacial score (nSPS) is 30.3. The first-order valence-electron chi connectivity index (χ1n) is 8.37. The smallest absolute Gasteiger partial charge is 0.338 e. The Balaban J connectivity index is 2.93. The van der Waals surface area contributed by atoms with E-state index in [4.69, 9.17) is 14.7 Å². The Labute approximate surface area is 152 Å². The third-order valence-corrected chi connectivity index (χ3v) is 4.75. The van der Waals surface area contributed by atoms with E-state index in [2.05, 4.69) is 0 Å². The monoisotopic (exact) mass is 381 g/mol. The highest BCUT2D eigenvalue weighted by molar-refractivity contribution is 5.75. The number of nitrogens with zero attached hydrogens (tertiary/aromatic N) is 1. The fourth-order valence-electron chi connectivity index (χ4n) is 3.63. The third kappa shape index (κ3) is 4.52. The maximum atomic E-state index is 12.2. The Morgan fingerprint density at radius 3 is 2.15 bits per heavy atom. The van der Waals surface area contributed by atoms with Crippen molar-refractivity contribution in [1.82, 2.24) is 5.06 Å². The molecule has 0 spiro atoms. The van der Waals surface area contributed by atoms with Gasteiger partial charge in [0.05, 0.1) is 25.4 Å². The largest absolute Gasteiger partial charge is 0.456 e. The summed E-state index contributed by atoms with van der Waals surface area (Å²) in [4.78, 5) is 17.6. The molecule has 6 atom stereocenters. The summed E-state index contributed by atoms with van der Waals surface area (Å²) in [6.07, 6.45) is -9.90. The molecule has 1 rings (SSSR count).